The Hall–Kier alpha value is -3.09. The summed E-state index contributed by atoms with van der Waals surface area (Å²) in [5, 5.41) is 13.2. The highest BCUT2D eigenvalue weighted by Crippen LogP contribution is 2.30. The molecule has 0 spiro atoms. The molecule has 0 aliphatic carbocycles. The lowest BCUT2D eigenvalue weighted by atomic mass is 9.87. The fourth-order valence-corrected chi connectivity index (χ4v) is 4.66. The molecule has 7 heteroatoms. The van der Waals surface area contributed by atoms with Gasteiger partial charge in [-0.3, -0.25) is 9.36 Å². The number of carbonyl (C=O) groups is 1. The molecule has 180 valence electrons. The first-order valence-corrected chi connectivity index (χ1v) is 12.8. The summed E-state index contributed by atoms with van der Waals surface area (Å²) in [5.74, 6) is 0.829. The van der Waals surface area contributed by atoms with Crippen LogP contribution in [0.1, 0.15) is 37.5 Å². The largest absolute Gasteiger partial charge is 0.325 e. The second-order valence-electron chi connectivity index (χ2n) is 9.60. The third-order valence-electron chi connectivity index (χ3n) is 5.73. The first kappa shape index (κ1) is 25.0. The zero-order valence-corrected chi connectivity index (χ0v) is 22.2. The number of rotatable bonds is 6. The first-order valence-electron chi connectivity index (χ1n) is 11.4. The molecule has 5 nitrogen and oxygen atoms in total. The molecule has 0 radical (unpaired) electrons. The molecule has 4 aromatic rings. The number of halogens is 1. The minimum Gasteiger partial charge on any atom is -0.325 e. The molecule has 1 N–H and O–H groups in total. The molecule has 1 aromatic heterocycles. The number of thioether (sulfide) groups is 1. The zero-order chi connectivity index (χ0) is 25.2. The van der Waals surface area contributed by atoms with Gasteiger partial charge in [-0.15, -0.1) is 10.2 Å². The Morgan fingerprint density at radius 3 is 2.29 bits per heavy atom. The van der Waals surface area contributed by atoms with Crippen LogP contribution >= 0.6 is 23.4 Å². The number of hydrogen-bond acceptors (Lipinski definition) is 4. The second-order valence-corrected chi connectivity index (χ2v) is 11.0. The van der Waals surface area contributed by atoms with Crippen LogP contribution in [0.5, 0.6) is 0 Å². The molecule has 0 fully saturated rings. The fraction of sp³-hybridized carbons (Fsp3) is 0.250. The van der Waals surface area contributed by atoms with Gasteiger partial charge in [-0.1, -0.05) is 86.1 Å². The van der Waals surface area contributed by atoms with Gasteiger partial charge in [-0.25, -0.2) is 0 Å². The lowest BCUT2D eigenvalue weighted by Crippen LogP contribution is -2.15. The van der Waals surface area contributed by atoms with E-state index in [4.69, 9.17) is 11.6 Å². The van der Waals surface area contributed by atoms with Gasteiger partial charge in [0.15, 0.2) is 11.0 Å². The number of amides is 1. The average Bonchev–Trinajstić information content (AvgIpc) is 3.23. The second kappa shape index (κ2) is 10.3. The molecule has 1 heterocycles. The van der Waals surface area contributed by atoms with Gasteiger partial charge in [0, 0.05) is 22.0 Å². The number of hydrogen-bond donors (Lipinski definition) is 1. The number of aryl methyl sites for hydroxylation is 2. The summed E-state index contributed by atoms with van der Waals surface area (Å²) < 4.78 is 2.01. The molecule has 0 saturated heterocycles. The van der Waals surface area contributed by atoms with Crippen LogP contribution in [0.4, 0.5) is 5.69 Å². The van der Waals surface area contributed by atoms with E-state index in [-0.39, 0.29) is 17.1 Å². The van der Waals surface area contributed by atoms with Crippen molar-refractivity contribution in [3.05, 3.63) is 88.4 Å². The quantitative estimate of drug-likeness (QED) is 0.281. The number of benzene rings is 3. The Morgan fingerprint density at radius 2 is 1.66 bits per heavy atom. The van der Waals surface area contributed by atoms with Gasteiger partial charge in [0.25, 0.3) is 0 Å². The molecule has 35 heavy (non-hydrogen) atoms. The summed E-state index contributed by atoms with van der Waals surface area (Å²) >= 11 is 7.39. The smallest absolute Gasteiger partial charge is 0.234 e. The van der Waals surface area contributed by atoms with Crippen molar-refractivity contribution in [3.63, 3.8) is 0 Å². The summed E-state index contributed by atoms with van der Waals surface area (Å²) in [6.45, 7) is 10.6. The Kier molecular flexibility index (Phi) is 7.33. The summed E-state index contributed by atoms with van der Waals surface area (Å²) in [7, 11) is 0. The number of nitrogens with zero attached hydrogens (tertiary/aromatic N) is 3. The number of aromatic nitrogens is 3. The van der Waals surface area contributed by atoms with Crippen LogP contribution in [0.2, 0.25) is 5.02 Å². The van der Waals surface area contributed by atoms with E-state index in [1.165, 1.54) is 22.9 Å². The van der Waals surface area contributed by atoms with E-state index in [2.05, 4.69) is 79.6 Å². The predicted octanol–water partition coefficient (Wildman–Crippen LogP) is 7.23. The van der Waals surface area contributed by atoms with Crippen LogP contribution in [-0.2, 0) is 10.2 Å². The first-order chi connectivity index (χ1) is 16.6. The van der Waals surface area contributed by atoms with Gasteiger partial charge in [-0.2, -0.15) is 0 Å². The highest BCUT2D eigenvalue weighted by molar-refractivity contribution is 7.99. The third kappa shape index (κ3) is 5.95. The molecule has 0 atom stereocenters. The molecule has 0 unspecified atom stereocenters. The van der Waals surface area contributed by atoms with Gasteiger partial charge in [0.05, 0.1) is 5.75 Å². The van der Waals surface area contributed by atoms with E-state index in [0.29, 0.717) is 10.2 Å². The van der Waals surface area contributed by atoms with E-state index in [1.54, 1.807) is 6.07 Å². The zero-order valence-electron chi connectivity index (χ0n) is 20.6. The van der Waals surface area contributed by atoms with E-state index in [1.807, 2.05) is 35.8 Å². The Labute approximate surface area is 215 Å². The lowest BCUT2D eigenvalue weighted by Gasteiger charge is -2.19. The van der Waals surface area contributed by atoms with Gasteiger partial charge < -0.3 is 5.32 Å². The van der Waals surface area contributed by atoms with Gasteiger partial charge >= 0.3 is 0 Å². The summed E-state index contributed by atoms with van der Waals surface area (Å²) in [6.07, 6.45) is 0. The third-order valence-corrected chi connectivity index (χ3v) is 6.89. The van der Waals surface area contributed by atoms with Crippen LogP contribution < -0.4 is 5.32 Å². The lowest BCUT2D eigenvalue weighted by molar-refractivity contribution is -0.113. The van der Waals surface area contributed by atoms with Crippen molar-refractivity contribution >= 4 is 35.0 Å². The van der Waals surface area contributed by atoms with E-state index >= 15 is 0 Å². The maximum atomic E-state index is 12.7. The van der Waals surface area contributed by atoms with E-state index in [0.717, 1.165) is 28.3 Å². The van der Waals surface area contributed by atoms with Gasteiger partial charge in [0.2, 0.25) is 5.91 Å². The topological polar surface area (TPSA) is 59.8 Å². The highest BCUT2D eigenvalue weighted by Gasteiger charge is 2.19. The SMILES string of the molecule is Cc1ccc(-n2c(SCC(=O)Nc3ccc(Cl)cc3C)nnc2-c2ccc(C(C)(C)C)cc2)cc1. The molecular weight excluding hydrogens is 476 g/mol. The van der Waals surface area contributed by atoms with E-state index in [9.17, 15) is 4.79 Å². The molecule has 3 aromatic carbocycles. The Bertz CT molecular complexity index is 1340. The highest BCUT2D eigenvalue weighted by atomic mass is 35.5. The molecule has 0 aliphatic rings. The van der Waals surface area contributed by atoms with Crippen LogP contribution in [-0.4, -0.2) is 26.4 Å². The number of anilines is 1. The average molecular weight is 505 g/mol. The van der Waals surface area contributed by atoms with Crippen LogP contribution in [0.15, 0.2) is 71.9 Å². The normalized spacial score (nSPS) is 11.5. The van der Waals surface area contributed by atoms with Crippen molar-refractivity contribution in [2.24, 2.45) is 0 Å². The maximum absolute atomic E-state index is 12.7. The Morgan fingerprint density at radius 1 is 0.971 bits per heavy atom. The van der Waals surface area contributed by atoms with Crippen molar-refractivity contribution in [2.75, 3.05) is 11.1 Å². The van der Waals surface area contributed by atoms with Crippen molar-refractivity contribution in [2.45, 2.75) is 45.2 Å². The minimum absolute atomic E-state index is 0.0694. The molecule has 0 saturated carbocycles. The monoisotopic (exact) mass is 504 g/mol. The summed E-state index contributed by atoms with van der Waals surface area (Å²) in [5.41, 5.74) is 6.08. The van der Waals surface area contributed by atoms with E-state index < -0.39 is 0 Å². The van der Waals surface area contributed by atoms with Crippen molar-refractivity contribution in [1.29, 1.82) is 0 Å². The number of carbonyl (C=O) groups excluding carboxylic acids is 1. The van der Waals surface area contributed by atoms with Gasteiger partial charge in [0.1, 0.15) is 0 Å². The molecule has 1 amide bonds. The molecular formula is C28H29ClN4OS. The Balaban J connectivity index is 1.61. The van der Waals surface area contributed by atoms with Crippen molar-refractivity contribution in [1.82, 2.24) is 14.8 Å². The minimum atomic E-state index is -0.116. The maximum Gasteiger partial charge on any atom is 0.234 e. The molecule has 0 aliphatic heterocycles. The standard InChI is InChI=1S/C28H29ClN4OS/c1-18-6-13-23(14-7-18)33-26(20-8-10-21(11-9-20)28(3,4)5)31-32-27(33)35-17-25(34)30-24-15-12-22(29)16-19(24)2/h6-16H,17H2,1-5H3,(H,30,34). The fourth-order valence-electron chi connectivity index (χ4n) is 3.68. The van der Waals surface area contributed by atoms with Crippen LogP contribution in [0, 0.1) is 13.8 Å². The molecule has 0 bridgehead atoms. The predicted molar refractivity (Wildman–Crippen MR) is 146 cm³/mol. The summed E-state index contributed by atoms with van der Waals surface area (Å²) in [6, 6.07) is 22.1. The van der Waals surface area contributed by atoms with Crippen LogP contribution in [0.25, 0.3) is 17.1 Å². The van der Waals surface area contributed by atoms with Gasteiger partial charge in [-0.05, 0) is 60.7 Å². The number of nitrogens with one attached hydrogen (secondary N) is 1. The summed E-state index contributed by atoms with van der Waals surface area (Å²) in [4.78, 5) is 12.7. The molecule has 4 rings (SSSR count). The van der Waals surface area contributed by atoms with Crippen molar-refractivity contribution < 1.29 is 4.79 Å². The van der Waals surface area contributed by atoms with Crippen LogP contribution in [0.3, 0.4) is 0 Å². The van der Waals surface area contributed by atoms with Crippen molar-refractivity contribution in [3.8, 4) is 17.1 Å².